The number of nitrogen functional groups attached to an aromatic ring is 1. The zero-order chi connectivity index (χ0) is 26.1. The first-order valence-corrected chi connectivity index (χ1v) is 13.5. The van der Waals surface area contributed by atoms with Crippen molar-refractivity contribution in [3.63, 3.8) is 0 Å². The molecule has 186 valence electrons. The van der Waals surface area contributed by atoms with E-state index in [1.54, 1.807) is 37.3 Å². The van der Waals surface area contributed by atoms with Gasteiger partial charge in [-0.3, -0.25) is 8.86 Å². The molecule has 0 saturated heterocycles. The monoisotopic (exact) mass is 548 g/mol. The molecule has 0 bridgehead atoms. The molecule has 13 heteroatoms. The minimum atomic E-state index is -4.87. The Kier molecular flexibility index (Phi) is 8.63. The molecule has 4 aromatic rings. The van der Waals surface area contributed by atoms with Crippen molar-refractivity contribution in [2.75, 3.05) is 16.6 Å². The number of anilines is 2. The Balaban J connectivity index is 0.00000380. The van der Waals surface area contributed by atoms with Crippen LogP contribution in [-0.2, 0) is 20.1 Å². The summed E-state index contributed by atoms with van der Waals surface area (Å²) in [5, 5.41) is 21.1. The van der Waals surface area contributed by atoms with E-state index in [9.17, 15) is 26.5 Å². The van der Waals surface area contributed by atoms with Crippen LogP contribution >= 0.6 is 0 Å². The first kappa shape index (κ1) is 28.6. The second kappa shape index (κ2) is 11.2. The van der Waals surface area contributed by atoms with Gasteiger partial charge in [-0.15, -0.1) is 10.2 Å². The molecule has 0 aliphatic heterocycles. The number of para-hydroxylation sites is 1. The molecule has 0 aliphatic rings. The molecule has 0 saturated carbocycles. The minimum absolute atomic E-state index is 0. The fraction of sp³-hybridized carbons (Fsp3) is 0.0833. The van der Waals surface area contributed by atoms with Gasteiger partial charge in [-0.25, -0.2) is 8.42 Å². The van der Waals surface area contributed by atoms with Crippen LogP contribution < -0.4 is 44.7 Å². The topological polar surface area (TPSA) is 166 Å². The molecule has 0 radical (unpaired) electrons. The smallest absolute Gasteiger partial charge is 0.871 e. The number of benzene rings is 4. The Morgan fingerprint density at radius 3 is 2.19 bits per heavy atom. The first-order valence-electron chi connectivity index (χ1n) is 10.6. The number of azo groups is 1. The van der Waals surface area contributed by atoms with Gasteiger partial charge in [0.05, 0.1) is 11.4 Å². The molecule has 4 rings (SSSR count). The minimum Gasteiger partial charge on any atom is -0.871 e. The van der Waals surface area contributed by atoms with Gasteiger partial charge in [0.15, 0.2) is 0 Å². The van der Waals surface area contributed by atoms with E-state index in [4.69, 9.17) is 5.73 Å². The average Bonchev–Trinajstić information content (AvgIpc) is 2.84. The van der Waals surface area contributed by atoms with Crippen molar-refractivity contribution in [1.29, 1.82) is 0 Å². The molecule has 0 fully saturated rings. The third-order valence-electron chi connectivity index (χ3n) is 5.36. The van der Waals surface area contributed by atoms with Crippen LogP contribution in [0.15, 0.2) is 98.9 Å². The van der Waals surface area contributed by atoms with Crippen LogP contribution in [0.25, 0.3) is 10.8 Å². The molecule has 0 unspecified atom stereocenters. The third-order valence-corrected chi connectivity index (χ3v) is 8.17. The summed E-state index contributed by atoms with van der Waals surface area (Å²) < 4.78 is 62.0. The van der Waals surface area contributed by atoms with Gasteiger partial charge in [0, 0.05) is 12.2 Å². The number of nitrogens with two attached hydrogens (primary N) is 1. The zero-order valence-electron chi connectivity index (χ0n) is 19.9. The van der Waals surface area contributed by atoms with Gasteiger partial charge in [-0.05, 0) is 60.2 Å². The Morgan fingerprint density at radius 1 is 0.892 bits per heavy atom. The van der Waals surface area contributed by atoms with E-state index >= 15 is 0 Å². The normalized spacial score (nSPS) is 11.9. The second-order valence-corrected chi connectivity index (χ2v) is 10.9. The summed E-state index contributed by atoms with van der Waals surface area (Å²) in [4.78, 5) is -0.960. The van der Waals surface area contributed by atoms with Crippen molar-refractivity contribution in [3.05, 3.63) is 78.9 Å². The maximum absolute atomic E-state index is 13.5. The number of hydrogen-bond acceptors (Lipinski definition) is 8. The molecule has 0 spiro atoms. The predicted octanol–water partition coefficient (Wildman–Crippen LogP) is 1.38. The van der Waals surface area contributed by atoms with Gasteiger partial charge in [-0.2, -0.15) is 8.42 Å². The number of hydrogen-bond donors (Lipinski definition) is 2. The van der Waals surface area contributed by atoms with Crippen molar-refractivity contribution in [1.82, 2.24) is 0 Å². The first-order chi connectivity index (χ1) is 17.0. The summed E-state index contributed by atoms with van der Waals surface area (Å²) in [6, 6.07) is 19.5. The van der Waals surface area contributed by atoms with Crippen LogP contribution in [0.3, 0.4) is 0 Å². The molecule has 10 nitrogen and oxygen atoms in total. The number of fused-ring (bicyclic) bond motifs is 1. The molecule has 37 heavy (non-hydrogen) atoms. The molecule has 4 aromatic carbocycles. The second-order valence-electron chi connectivity index (χ2n) is 7.68. The SMILES string of the molecule is CCN(c1ccccc1)S(=O)(=O)c1ccccc1N=Nc1c(S(=O)(=O)O)cc2ccc(N)cc2c1[O-].[Na+]. The van der Waals surface area contributed by atoms with Gasteiger partial charge in [-0.1, -0.05) is 42.1 Å². The fourth-order valence-electron chi connectivity index (χ4n) is 3.70. The van der Waals surface area contributed by atoms with Crippen molar-refractivity contribution >= 4 is 53.7 Å². The Bertz CT molecular complexity index is 1700. The number of nitrogens with zero attached hydrogens (tertiary/aromatic N) is 3. The zero-order valence-corrected chi connectivity index (χ0v) is 23.6. The van der Waals surface area contributed by atoms with Gasteiger partial charge >= 0.3 is 29.6 Å². The Hall–Kier alpha value is -3.00. The summed E-state index contributed by atoms with van der Waals surface area (Å²) in [7, 11) is -8.98. The van der Waals surface area contributed by atoms with Crippen LogP contribution in [0.4, 0.5) is 22.7 Å². The summed E-state index contributed by atoms with van der Waals surface area (Å²) in [6.45, 7) is 1.80. The van der Waals surface area contributed by atoms with Crippen molar-refractivity contribution in [3.8, 4) is 5.75 Å². The quantitative estimate of drug-likeness (QED) is 0.152. The third kappa shape index (κ3) is 5.79. The maximum atomic E-state index is 13.5. The van der Waals surface area contributed by atoms with Crippen LogP contribution in [-0.4, -0.2) is 27.9 Å². The molecule has 0 aromatic heterocycles. The fourth-order valence-corrected chi connectivity index (χ4v) is 5.96. The van der Waals surface area contributed by atoms with Gasteiger partial charge in [0.2, 0.25) is 0 Å². The molecule has 0 aliphatic carbocycles. The van der Waals surface area contributed by atoms with E-state index in [0.717, 1.165) is 6.07 Å². The van der Waals surface area contributed by atoms with Crippen molar-refractivity contribution < 1.29 is 56.1 Å². The van der Waals surface area contributed by atoms with E-state index in [-0.39, 0.29) is 63.1 Å². The molecular formula is C24H21N4NaO6S2. The maximum Gasteiger partial charge on any atom is 1.00 e. The van der Waals surface area contributed by atoms with Crippen LogP contribution in [0.5, 0.6) is 5.75 Å². The molecular weight excluding hydrogens is 527 g/mol. The van der Waals surface area contributed by atoms with E-state index in [2.05, 4.69) is 10.2 Å². The Morgan fingerprint density at radius 2 is 1.54 bits per heavy atom. The number of sulfonamides is 1. The van der Waals surface area contributed by atoms with Crippen molar-refractivity contribution in [2.45, 2.75) is 16.7 Å². The molecule has 0 heterocycles. The molecule has 0 amide bonds. The summed E-state index contributed by atoms with van der Waals surface area (Å²) >= 11 is 0. The van der Waals surface area contributed by atoms with Crippen LogP contribution in [0.1, 0.15) is 6.92 Å². The standard InChI is InChI=1S/C24H22N4O6S2.Na/c1-2-28(18-8-4-3-5-9-18)35(30,31)21-11-7-6-10-20(21)26-27-23-22(36(32,33)34)14-16-12-13-17(25)15-19(16)24(23)29;/h3-15,29H,2,25H2,1H3,(H,32,33,34);/q;+1/p-1. The summed E-state index contributed by atoms with van der Waals surface area (Å²) in [5.41, 5.74) is 5.67. The molecule has 0 atom stereocenters. The van der Waals surface area contributed by atoms with Gasteiger partial charge in [0.25, 0.3) is 20.1 Å². The van der Waals surface area contributed by atoms with Gasteiger partial charge in [0.1, 0.15) is 15.5 Å². The van der Waals surface area contributed by atoms with Crippen molar-refractivity contribution in [2.24, 2.45) is 10.2 Å². The van der Waals surface area contributed by atoms with Crippen LogP contribution in [0, 0.1) is 0 Å². The predicted molar refractivity (Wildman–Crippen MR) is 135 cm³/mol. The van der Waals surface area contributed by atoms with E-state index in [0.29, 0.717) is 5.69 Å². The summed E-state index contributed by atoms with van der Waals surface area (Å²) in [5.74, 6) is -0.837. The average molecular weight is 549 g/mol. The van der Waals surface area contributed by atoms with E-state index in [1.807, 2.05) is 0 Å². The molecule has 3 N–H and O–H groups in total. The summed E-state index contributed by atoms with van der Waals surface area (Å²) in [6.07, 6.45) is 0. The number of rotatable bonds is 7. The largest absolute Gasteiger partial charge is 1.00 e. The van der Waals surface area contributed by atoms with Gasteiger partial charge < -0.3 is 10.8 Å². The van der Waals surface area contributed by atoms with E-state index < -0.39 is 36.5 Å². The van der Waals surface area contributed by atoms with E-state index in [1.165, 1.54) is 46.8 Å². The van der Waals surface area contributed by atoms with Crippen LogP contribution in [0.2, 0.25) is 0 Å². The Labute approximate surface area is 236 Å².